The van der Waals surface area contributed by atoms with Crippen LogP contribution in [0.4, 0.5) is 0 Å². The van der Waals surface area contributed by atoms with E-state index in [0.717, 1.165) is 96.3 Å². The first-order valence-electron chi connectivity index (χ1n) is 35.8. The summed E-state index contributed by atoms with van der Waals surface area (Å²) in [6, 6.07) is 0. The Balaban J connectivity index is 5.19. The van der Waals surface area contributed by atoms with E-state index >= 15 is 0 Å². The molecule has 516 valence electrons. The lowest BCUT2D eigenvalue weighted by atomic mass is 10.0. The first-order valence-corrected chi connectivity index (χ1v) is 38.8. The van der Waals surface area contributed by atoms with Crippen LogP contribution in [0.1, 0.15) is 355 Å². The maximum atomic E-state index is 13.0. The third kappa shape index (κ3) is 62.6. The zero-order valence-electron chi connectivity index (χ0n) is 56.0. The van der Waals surface area contributed by atoms with E-state index in [-0.39, 0.29) is 25.7 Å². The molecule has 19 heteroatoms. The quantitative estimate of drug-likeness (QED) is 0.0222. The third-order valence-corrected chi connectivity index (χ3v) is 17.8. The topological polar surface area (TPSA) is 237 Å². The number of phosphoric acid groups is 2. The van der Waals surface area contributed by atoms with Gasteiger partial charge in [0.05, 0.1) is 26.4 Å². The largest absolute Gasteiger partial charge is 0.472 e. The lowest BCUT2D eigenvalue weighted by molar-refractivity contribution is -0.161. The molecule has 0 saturated carbocycles. The zero-order valence-corrected chi connectivity index (χ0v) is 57.8. The minimum atomic E-state index is -4.95. The summed E-state index contributed by atoms with van der Waals surface area (Å²) in [5.41, 5.74) is 0. The summed E-state index contributed by atoms with van der Waals surface area (Å²) >= 11 is 0. The van der Waals surface area contributed by atoms with Crippen molar-refractivity contribution >= 4 is 39.5 Å². The normalized spacial score (nSPS) is 14.1. The molecule has 0 aromatic rings. The summed E-state index contributed by atoms with van der Waals surface area (Å²) in [5.74, 6) is -2.13. The van der Waals surface area contributed by atoms with Gasteiger partial charge in [-0.2, -0.15) is 0 Å². The molecule has 0 rings (SSSR count). The number of unbranched alkanes of at least 4 members (excludes halogenated alkanes) is 43. The van der Waals surface area contributed by atoms with E-state index in [0.29, 0.717) is 25.7 Å². The molecule has 0 aromatic carbocycles. The van der Waals surface area contributed by atoms with Gasteiger partial charge in [-0.25, -0.2) is 9.13 Å². The van der Waals surface area contributed by atoms with Gasteiger partial charge in [0.2, 0.25) is 0 Å². The lowest BCUT2D eigenvalue weighted by Crippen LogP contribution is -2.30. The molecule has 0 heterocycles. The van der Waals surface area contributed by atoms with E-state index in [1.807, 2.05) is 0 Å². The van der Waals surface area contributed by atoms with E-state index in [2.05, 4.69) is 27.7 Å². The van der Waals surface area contributed by atoms with E-state index in [1.165, 1.54) is 180 Å². The predicted molar refractivity (Wildman–Crippen MR) is 349 cm³/mol. The van der Waals surface area contributed by atoms with Gasteiger partial charge >= 0.3 is 39.5 Å². The van der Waals surface area contributed by atoms with Crippen LogP contribution in [-0.2, 0) is 65.4 Å². The fraction of sp³-hybridized carbons (Fsp3) is 0.941. The SMILES string of the molecule is CCCCCCCCCCCCCCCCCCCC(=O)O[C@H](COC(=O)CCCCCCCCCCCCCCC)COP(=O)(O)OC[C@@H](O)COP(=O)(O)OC[C@@H](COC(=O)CCCCCCCCCC)OC(=O)CCCCCCCCCCC. The highest BCUT2D eigenvalue weighted by molar-refractivity contribution is 7.47. The Kier molecular flexibility index (Phi) is 61.4. The fourth-order valence-electron chi connectivity index (χ4n) is 10.3. The van der Waals surface area contributed by atoms with Gasteiger partial charge in [0.25, 0.3) is 0 Å². The molecule has 0 bridgehead atoms. The van der Waals surface area contributed by atoms with Gasteiger partial charge in [0.1, 0.15) is 19.3 Å². The van der Waals surface area contributed by atoms with Crippen molar-refractivity contribution in [1.82, 2.24) is 0 Å². The number of rotatable bonds is 69. The van der Waals surface area contributed by atoms with Crippen LogP contribution >= 0.6 is 15.6 Å². The van der Waals surface area contributed by atoms with E-state index in [1.54, 1.807) is 0 Å². The van der Waals surface area contributed by atoms with E-state index in [4.69, 9.17) is 37.0 Å². The van der Waals surface area contributed by atoms with Crippen LogP contribution in [0.5, 0.6) is 0 Å². The molecule has 0 saturated heterocycles. The highest BCUT2D eigenvalue weighted by Crippen LogP contribution is 2.45. The van der Waals surface area contributed by atoms with Crippen LogP contribution in [-0.4, -0.2) is 96.7 Å². The maximum absolute atomic E-state index is 13.0. The Morgan fingerprint density at radius 3 is 0.678 bits per heavy atom. The summed E-state index contributed by atoms with van der Waals surface area (Å²) in [4.78, 5) is 72.3. The van der Waals surface area contributed by atoms with Crippen LogP contribution in [0, 0.1) is 0 Å². The average molecular weight is 1280 g/mol. The van der Waals surface area contributed by atoms with Crippen molar-refractivity contribution in [2.75, 3.05) is 39.6 Å². The summed E-state index contributed by atoms with van der Waals surface area (Å²) in [6.45, 7) is 4.89. The third-order valence-electron chi connectivity index (χ3n) is 15.9. The molecule has 0 amide bonds. The van der Waals surface area contributed by atoms with Crippen LogP contribution in [0.2, 0.25) is 0 Å². The van der Waals surface area contributed by atoms with E-state index < -0.39 is 97.5 Å². The minimum absolute atomic E-state index is 0.106. The number of esters is 4. The Labute approximate surface area is 530 Å². The maximum Gasteiger partial charge on any atom is 0.472 e. The Morgan fingerprint density at radius 1 is 0.276 bits per heavy atom. The molecule has 87 heavy (non-hydrogen) atoms. The van der Waals surface area contributed by atoms with Crippen molar-refractivity contribution in [1.29, 1.82) is 0 Å². The Morgan fingerprint density at radius 2 is 0.460 bits per heavy atom. The van der Waals surface area contributed by atoms with Crippen LogP contribution in [0.25, 0.3) is 0 Å². The molecule has 0 aliphatic carbocycles. The average Bonchev–Trinajstić information content (AvgIpc) is 3.68. The standard InChI is InChI=1S/C68H132O17P2/c1-5-9-13-17-21-25-27-29-30-31-32-34-36-39-43-47-51-55-68(73)85-64(59-79-66(71)53-49-45-41-38-35-33-28-26-22-18-14-10-6-2)61-83-87(76,77)81-57-62(69)56-80-86(74,75)82-60-63(58-78-65(70)52-48-44-40-24-20-16-12-8-4)84-67(72)54-50-46-42-37-23-19-15-11-7-3/h62-64,69H,5-61H2,1-4H3,(H,74,75)(H,76,77)/t62-,63+,64+/m0/s1. The number of phosphoric ester groups is 2. The summed E-state index contributed by atoms with van der Waals surface area (Å²) in [6.07, 6.45) is 50.0. The number of hydrogen-bond acceptors (Lipinski definition) is 15. The second kappa shape index (κ2) is 62.8. The van der Waals surface area contributed by atoms with Gasteiger partial charge in [-0.3, -0.25) is 37.3 Å². The van der Waals surface area contributed by atoms with Crippen LogP contribution in [0.15, 0.2) is 0 Å². The second-order valence-corrected chi connectivity index (χ2v) is 27.5. The molecule has 0 radical (unpaired) electrons. The number of carbonyl (C=O) groups is 4. The molecule has 17 nitrogen and oxygen atoms in total. The molecule has 3 N–H and O–H groups in total. The second-order valence-electron chi connectivity index (χ2n) is 24.6. The smallest absolute Gasteiger partial charge is 0.462 e. The highest BCUT2D eigenvalue weighted by atomic mass is 31.2. The lowest BCUT2D eigenvalue weighted by Gasteiger charge is -2.21. The number of carbonyl (C=O) groups excluding carboxylic acids is 4. The van der Waals surface area contributed by atoms with Crippen LogP contribution < -0.4 is 0 Å². The fourth-order valence-corrected chi connectivity index (χ4v) is 11.9. The predicted octanol–water partition coefficient (Wildman–Crippen LogP) is 19.5. The van der Waals surface area contributed by atoms with Crippen molar-refractivity contribution in [2.24, 2.45) is 0 Å². The number of aliphatic hydroxyl groups is 1. The monoisotopic (exact) mass is 1280 g/mol. The molecular weight excluding hydrogens is 1150 g/mol. The molecule has 0 aromatic heterocycles. The number of hydrogen-bond donors (Lipinski definition) is 3. The molecule has 0 aliphatic heterocycles. The first kappa shape index (κ1) is 85.1. The van der Waals surface area contributed by atoms with Crippen molar-refractivity contribution < 1.29 is 80.2 Å². The van der Waals surface area contributed by atoms with Crippen molar-refractivity contribution in [3.8, 4) is 0 Å². The molecule has 0 aliphatic rings. The van der Waals surface area contributed by atoms with Crippen molar-refractivity contribution in [3.63, 3.8) is 0 Å². The summed E-state index contributed by atoms with van der Waals surface area (Å²) < 4.78 is 68.1. The van der Waals surface area contributed by atoms with Crippen molar-refractivity contribution in [3.05, 3.63) is 0 Å². The summed E-state index contributed by atoms with van der Waals surface area (Å²) in [7, 11) is -9.89. The Hall–Kier alpha value is -1.94. The van der Waals surface area contributed by atoms with Crippen molar-refractivity contribution in [2.45, 2.75) is 373 Å². The van der Waals surface area contributed by atoms with Gasteiger partial charge in [-0.05, 0) is 25.7 Å². The molecule has 5 atom stereocenters. The van der Waals surface area contributed by atoms with E-state index in [9.17, 15) is 43.2 Å². The first-order chi connectivity index (χ1) is 42.2. The number of aliphatic hydroxyl groups excluding tert-OH is 1. The molecule has 0 spiro atoms. The number of ether oxygens (including phenoxy) is 4. The minimum Gasteiger partial charge on any atom is -0.462 e. The van der Waals surface area contributed by atoms with Gasteiger partial charge in [-0.15, -0.1) is 0 Å². The highest BCUT2D eigenvalue weighted by Gasteiger charge is 2.30. The molecular formula is C68H132O17P2. The van der Waals surface area contributed by atoms with Crippen LogP contribution in [0.3, 0.4) is 0 Å². The van der Waals surface area contributed by atoms with Gasteiger partial charge in [0, 0.05) is 25.7 Å². The van der Waals surface area contributed by atoms with Gasteiger partial charge in [-0.1, -0.05) is 304 Å². The molecule has 2 unspecified atom stereocenters. The van der Waals surface area contributed by atoms with Gasteiger partial charge in [0.15, 0.2) is 12.2 Å². The zero-order chi connectivity index (χ0) is 64.0. The molecule has 0 fully saturated rings. The Bertz CT molecular complexity index is 1670. The summed E-state index contributed by atoms with van der Waals surface area (Å²) in [5, 5.41) is 10.6. The van der Waals surface area contributed by atoms with Gasteiger partial charge < -0.3 is 33.8 Å².